The van der Waals surface area contributed by atoms with Crippen LogP contribution in [0.5, 0.6) is 0 Å². The molecule has 94 valence electrons. The van der Waals surface area contributed by atoms with E-state index >= 15 is 0 Å². The molecule has 1 aromatic carbocycles. The van der Waals surface area contributed by atoms with Gasteiger partial charge in [0.25, 0.3) is 0 Å². The smallest absolute Gasteiger partial charge is 0.337 e. The van der Waals surface area contributed by atoms with Crippen LogP contribution >= 0.6 is 11.3 Å². The number of thiophene rings is 1. The second-order valence-corrected chi connectivity index (χ2v) is 5.35. The molecule has 0 aliphatic carbocycles. The first-order chi connectivity index (χ1) is 8.56. The van der Waals surface area contributed by atoms with Crippen molar-refractivity contribution in [3.63, 3.8) is 0 Å². The number of carboxylic acid groups (broad SMARTS) is 1. The largest absolute Gasteiger partial charge is 0.478 e. The van der Waals surface area contributed by atoms with Crippen LogP contribution in [0, 0.1) is 6.92 Å². The van der Waals surface area contributed by atoms with Gasteiger partial charge in [-0.2, -0.15) is 0 Å². The normalized spacial score (nSPS) is 10.3. The molecule has 0 aliphatic rings. The van der Waals surface area contributed by atoms with Gasteiger partial charge in [0.15, 0.2) is 0 Å². The molecule has 0 saturated carbocycles. The molecule has 0 fully saturated rings. The Morgan fingerprint density at radius 1 is 1.39 bits per heavy atom. The van der Waals surface area contributed by atoms with Gasteiger partial charge in [0.2, 0.25) is 0 Å². The van der Waals surface area contributed by atoms with E-state index in [0.29, 0.717) is 17.9 Å². The quantitative estimate of drug-likeness (QED) is 0.740. The lowest BCUT2D eigenvalue weighted by Gasteiger charge is -2.09. The number of nitrogen functional groups attached to an aromatic ring is 1. The van der Waals surface area contributed by atoms with Crippen molar-refractivity contribution in [1.82, 2.24) is 0 Å². The number of carboxylic acids is 1. The van der Waals surface area contributed by atoms with E-state index in [2.05, 4.69) is 5.32 Å². The van der Waals surface area contributed by atoms with Gasteiger partial charge in [0.05, 0.1) is 5.56 Å². The summed E-state index contributed by atoms with van der Waals surface area (Å²) in [5.74, 6) is -0.979. The van der Waals surface area contributed by atoms with E-state index in [-0.39, 0.29) is 5.56 Å². The van der Waals surface area contributed by atoms with Crippen molar-refractivity contribution < 1.29 is 9.90 Å². The minimum absolute atomic E-state index is 0.197. The van der Waals surface area contributed by atoms with E-state index in [1.165, 1.54) is 15.8 Å². The Morgan fingerprint density at radius 2 is 2.17 bits per heavy atom. The summed E-state index contributed by atoms with van der Waals surface area (Å²) in [6, 6.07) is 8.92. The summed E-state index contributed by atoms with van der Waals surface area (Å²) < 4.78 is 0. The molecule has 1 heterocycles. The number of hydrogen-bond acceptors (Lipinski definition) is 4. The van der Waals surface area contributed by atoms with Gasteiger partial charge in [-0.25, -0.2) is 4.79 Å². The highest BCUT2D eigenvalue weighted by Gasteiger charge is 2.10. The van der Waals surface area contributed by atoms with Crippen molar-refractivity contribution in [2.45, 2.75) is 13.5 Å². The Hall–Kier alpha value is -2.01. The van der Waals surface area contributed by atoms with Gasteiger partial charge in [-0.3, -0.25) is 0 Å². The van der Waals surface area contributed by atoms with Crippen molar-refractivity contribution in [2.75, 3.05) is 11.1 Å². The fraction of sp³-hybridized carbons (Fsp3) is 0.154. The van der Waals surface area contributed by atoms with Crippen molar-refractivity contribution >= 4 is 28.7 Å². The molecule has 0 radical (unpaired) electrons. The third kappa shape index (κ3) is 2.81. The minimum atomic E-state index is -0.979. The number of aromatic carboxylic acids is 1. The molecule has 0 aliphatic heterocycles. The lowest BCUT2D eigenvalue weighted by Crippen LogP contribution is -2.06. The lowest BCUT2D eigenvalue weighted by molar-refractivity contribution is 0.0698. The average molecular weight is 262 g/mol. The predicted octanol–water partition coefficient (Wildman–Crippen LogP) is 2.95. The molecule has 4 nitrogen and oxygen atoms in total. The van der Waals surface area contributed by atoms with Crippen LogP contribution in [0.15, 0.2) is 30.3 Å². The second kappa shape index (κ2) is 5.10. The topological polar surface area (TPSA) is 75.3 Å². The summed E-state index contributed by atoms with van der Waals surface area (Å²) >= 11 is 1.69. The van der Waals surface area contributed by atoms with Crippen LogP contribution in [-0.2, 0) is 6.54 Å². The minimum Gasteiger partial charge on any atom is -0.478 e. The molecule has 0 bridgehead atoms. The Balaban J connectivity index is 2.16. The summed E-state index contributed by atoms with van der Waals surface area (Å²) in [6.45, 7) is 2.66. The van der Waals surface area contributed by atoms with Crippen LogP contribution in [0.25, 0.3) is 0 Å². The van der Waals surface area contributed by atoms with Crippen molar-refractivity contribution in [1.29, 1.82) is 0 Å². The molecule has 4 N–H and O–H groups in total. The van der Waals surface area contributed by atoms with Gasteiger partial charge in [0.1, 0.15) is 0 Å². The van der Waals surface area contributed by atoms with Gasteiger partial charge >= 0.3 is 5.97 Å². The number of nitrogens with one attached hydrogen (secondary N) is 1. The summed E-state index contributed by atoms with van der Waals surface area (Å²) in [5.41, 5.74) is 6.82. The Labute approximate surface area is 109 Å². The fourth-order valence-electron chi connectivity index (χ4n) is 1.66. The number of rotatable bonds is 4. The Morgan fingerprint density at radius 3 is 2.78 bits per heavy atom. The standard InChI is InChI=1S/C13H14N2O2S/c1-8-2-4-10(18-8)7-15-12-5-3-9(14)6-11(12)13(16)17/h2-6,15H,7,14H2,1H3,(H,16,17). The zero-order valence-corrected chi connectivity index (χ0v) is 10.8. The summed E-state index contributed by atoms with van der Waals surface area (Å²) in [4.78, 5) is 13.5. The SMILES string of the molecule is Cc1ccc(CNc2ccc(N)cc2C(=O)O)s1. The van der Waals surface area contributed by atoms with Gasteiger partial charge in [-0.15, -0.1) is 11.3 Å². The van der Waals surface area contributed by atoms with E-state index < -0.39 is 5.97 Å². The zero-order chi connectivity index (χ0) is 13.1. The van der Waals surface area contributed by atoms with Crippen LogP contribution in [0.3, 0.4) is 0 Å². The molecule has 0 saturated heterocycles. The van der Waals surface area contributed by atoms with E-state index in [0.717, 1.165) is 0 Å². The molecule has 0 atom stereocenters. The van der Waals surface area contributed by atoms with Crippen LogP contribution in [0.2, 0.25) is 0 Å². The van der Waals surface area contributed by atoms with Crippen LogP contribution in [-0.4, -0.2) is 11.1 Å². The van der Waals surface area contributed by atoms with Gasteiger partial charge in [-0.05, 0) is 37.3 Å². The third-order valence-electron chi connectivity index (χ3n) is 2.52. The predicted molar refractivity (Wildman–Crippen MR) is 74.2 cm³/mol. The monoisotopic (exact) mass is 262 g/mol. The number of carbonyl (C=O) groups is 1. The van der Waals surface area contributed by atoms with Crippen LogP contribution < -0.4 is 11.1 Å². The van der Waals surface area contributed by atoms with Crippen LogP contribution in [0.4, 0.5) is 11.4 Å². The van der Waals surface area contributed by atoms with E-state index in [9.17, 15) is 4.79 Å². The summed E-state index contributed by atoms with van der Waals surface area (Å²) in [6.07, 6.45) is 0. The first-order valence-corrected chi connectivity index (χ1v) is 6.30. The van der Waals surface area contributed by atoms with Gasteiger partial charge < -0.3 is 16.2 Å². The van der Waals surface area contributed by atoms with E-state index in [4.69, 9.17) is 10.8 Å². The van der Waals surface area contributed by atoms with Crippen molar-refractivity contribution in [3.8, 4) is 0 Å². The molecule has 5 heteroatoms. The molecule has 0 amide bonds. The summed E-state index contributed by atoms with van der Waals surface area (Å²) in [5, 5.41) is 12.2. The molecule has 0 spiro atoms. The Kier molecular flexibility index (Phi) is 3.53. The molecular weight excluding hydrogens is 248 g/mol. The zero-order valence-electron chi connectivity index (χ0n) is 9.93. The fourth-order valence-corrected chi connectivity index (χ4v) is 2.49. The van der Waals surface area contributed by atoms with Gasteiger partial charge in [0, 0.05) is 27.7 Å². The van der Waals surface area contributed by atoms with Gasteiger partial charge in [-0.1, -0.05) is 0 Å². The van der Waals surface area contributed by atoms with Crippen molar-refractivity contribution in [3.05, 3.63) is 45.6 Å². The molecule has 0 unspecified atom stereocenters. The number of nitrogens with two attached hydrogens (primary N) is 1. The van der Waals surface area contributed by atoms with E-state index in [1.54, 1.807) is 23.5 Å². The molecule has 1 aromatic heterocycles. The molecular formula is C13H14N2O2S. The second-order valence-electron chi connectivity index (χ2n) is 3.98. The number of anilines is 2. The summed E-state index contributed by atoms with van der Waals surface area (Å²) in [7, 11) is 0. The Bertz CT molecular complexity index is 578. The highest BCUT2D eigenvalue weighted by molar-refractivity contribution is 7.11. The maximum atomic E-state index is 11.1. The number of benzene rings is 1. The first-order valence-electron chi connectivity index (χ1n) is 5.48. The molecule has 2 rings (SSSR count). The maximum absolute atomic E-state index is 11.1. The highest BCUT2D eigenvalue weighted by atomic mass is 32.1. The number of hydrogen-bond donors (Lipinski definition) is 3. The third-order valence-corrected chi connectivity index (χ3v) is 3.52. The van der Waals surface area contributed by atoms with Crippen molar-refractivity contribution in [2.24, 2.45) is 0 Å². The number of aryl methyl sites for hydroxylation is 1. The average Bonchev–Trinajstić information content (AvgIpc) is 2.73. The highest BCUT2D eigenvalue weighted by Crippen LogP contribution is 2.21. The maximum Gasteiger partial charge on any atom is 0.337 e. The molecule has 2 aromatic rings. The lowest BCUT2D eigenvalue weighted by atomic mass is 10.1. The first kappa shape index (κ1) is 12.4. The van der Waals surface area contributed by atoms with E-state index in [1.807, 2.05) is 19.1 Å². The van der Waals surface area contributed by atoms with Crippen LogP contribution in [0.1, 0.15) is 20.1 Å². The molecule has 18 heavy (non-hydrogen) atoms.